The maximum Gasteiger partial charge on any atom is 0.344 e. The Morgan fingerprint density at radius 1 is 1.09 bits per heavy atom. The molecule has 2 aliphatic heterocycles. The topological polar surface area (TPSA) is 125 Å². The smallest absolute Gasteiger partial charge is 0.344 e. The molecule has 34 heavy (non-hydrogen) atoms. The number of urea groups is 1. The zero-order chi connectivity index (χ0) is 24.3. The number of rotatable bonds is 7. The number of carbonyl (C=O) groups excluding carboxylic acids is 3. The number of sulfonamides is 1. The van der Waals surface area contributed by atoms with Gasteiger partial charge in [-0.15, -0.1) is 0 Å². The Balaban J connectivity index is 1.45. The Morgan fingerprint density at radius 3 is 2.50 bits per heavy atom. The van der Waals surface area contributed by atoms with Gasteiger partial charge < -0.3 is 10.1 Å². The van der Waals surface area contributed by atoms with E-state index < -0.39 is 33.4 Å². The maximum atomic E-state index is 13.0. The summed E-state index contributed by atoms with van der Waals surface area (Å²) < 4.78 is 32.3. The number of imide groups is 1. The van der Waals surface area contributed by atoms with Gasteiger partial charge >= 0.3 is 6.03 Å². The lowest BCUT2D eigenvalue weighted by atomic mass is 9.93. The fourth-order valence-electron chi connectivity index (χ4n) is 3.89. The molecular formula is C23H26N4O6S. The molecule has 0 aromatic heterocycles. The van der Waals surface area contributed by atoms with E-state index in [9.17, 15) is 22.8 Å². The number of nitrogens with one attached hydrogen (secondary N) is 2. The summed E-state index contributed by atoms with van der Waals surface area (Å²) in [7, 11) is -3.81. The second-order valence-corrected chi connectivity index (χ2v) is 10.3. The first kappa shape index (κ1) is 23.9. The van der Waals surface area contributed by atoms with Gasteiger partial charge in [-0.2, -0.15) is 9.31 Å². The summed E-state index contributed by atoms with van der Waals surface area (Å²) in [5.41, 5.74) is 2.16. The van der Waals surface area contributed by atoms with Crippen molar-refractivity contribution < 1.29 is 27.5 Å². The predicted octanol–water partition coefficient (Wildman–Crippen LogP) is 1.30. The Hall–Kier alpha value is -3.28. The van der Waals surface area contributed by atoms with Gasteiger partial charge in [-0.25, -0.2) is 13.2 Å². The van der Waals surface area contributed by atoms with Gasteiger partial charge in [0.1, 0.15) is 5.54 Å². The van der Waals surface area contributed by atoms with Crippen LogP contribution in [0.25, 0.3) is 0 Å². The van der Waals surface area contributed by atoms with E-state index in [2.05, 4.69) is 10.7 Å². The molecule has 2 N–H and O–H groups in total. The predicted molar refractivity (Wildman–Crippen MR) is 122 cm³/mol. The molecule has 0 bridgehead atoms. The first-order valence-corrected chi connectivity index (χ1v) is 12.3. The molecular weight excluding hydrogens is 460 g/mol. The number of benzene rings is 2. The highest BCUT2D eigenvalue weighted by atomic mass is 32.2. The molecule has 2 aromatic carbocycles. The summed E-state index contributed by atoms with van der Waals surface area (Å²) in [4.78, 5) is 38.2. The molecule has 0 spiro atoms. The van der Waals surface area contributed by atoms with Crippen LogP contribution < -0.4 is 10.7 Å². The van der Waals surface area contributed by atoms with Gasteiger partial charge in [-0.05, 0) is 43.5 Å². The van der Waals surface area contributed by atoms with Gasteiger partial charge in [0.2, 0.25) is 10.0 Å². The number of aryl methyl sites for hydroxylation is 1. The molecule has 10 nitrogen and oxygen atoms in total. The molecule has 2 fully saturated rings. The molecule has 1 unspecified atom stereocenters. The maximum absolute atomic E-state index is 13.0. The van der Waals surface area contributed by atoms with Crippen molar-refractivity contribution in [3.05, 3.63) is 65.7 Å². The van der Waals surface area contributed by atoms with E-state index in [1.807, 2.05) is 30.3 Å². The van der Waals surface area contributed by atoms with Crippen molar-refractivity contribution in [1.82, 2.24) is 20.1 Å². The van der Waals surface area contributed by atoms with Gasteiger partial charge in [0.05, 0.1) is 18.1 Å². The number of hydrazine groups is 1. The van der Waals surface area contributed by atoms with E-state index in [4.69, 9.17) is 4.74 Å². The van der Waals surface area contributed by atoms with Crippen LogP contribution in [0.1, 0.15) is 29.3 Å². The largest absolute Gasteiger partial charge is 0.379 e. The molecule has 2 aliphatic rings. The lowest BCUT2D eigenvalue weighted by Gasteiger charge is -2.26. The molecule has 180 valence electrons. The van der Waals surface area contributed by atoms with Crippen LogP contribution in [0.4, 0.5) is 4.79 Å². The summed E-state index contributed by atoms with van der Waals surface area (Å²) in [6, 6.07) is 14.3. The molecule has 0 radical (unpaired) electrons. The van der Waals surface area contributed by atoms with Crippen LogP contribution in [0, 0.1) is 0 Å². The third-order valence-electron chi connectivity index (χ3n) is 5.93. The van der Waals surface area contributed by atoms with E-state index in [0.29, 0.717) is 31.1 Å². The summed E-state index contributed by atoms with van der Waals surface area (Å²) in [6.45, 7) is 2.66. The van der Waals surface area contributed by atoms with Crippen LogP contribution in [-0.4, -0.2) is 67.4 Å². The minimum absolute atomic E-state index is 0.00724. The summed E-state index contributed by atoms with van der Waals surface area (Å²) in [6.07, 6.45) is 0.911. The van der Waals surface area contributed by atoms with E-state index in [1.165, 1.54) is 28.6 Å². The number of amides is 4. The third kappa shape index (κ3) is 4.81. The van der Waals surface area contributed by atoms with E-state index in [1.54, 1.807) is 6.92 Å². The normalized spacial score (nSPS) is 21.4. The van der Waals surface area contributed by atoms with Crippen LogP contribution >= 0.6 is 0 Å². The molecule has 2 aromatic rings. The van der Waals surface area contributed by atoms with Gasteiger partial charge in [0, 0.05) is 18.7 Å². The Morgan fingerprint density at radius 2 is 1.79 bits per heavy atom. The molecule has 11 heteroatoms. The molecule has 4 rings (SSSR count). The molecule has 1 atom stereocenters. The fraction of sp³-hybridized carbons (Fsp3) is 0.348. The second kappa shape index (κ2) is 9.53. The monoisotopic (exact) mass is 486 g/mol. The Bertz CT molecular complexity index is 1200. The van der Waals surface area contributed by atoms with Crippen LogP contribution in [0.5, 0.6) is 0 Å². The van der Waals surface area contributed by atoms with Crippen molar-refractivity contribution >= 4 is 27.9 Å². The Kier molecular flexibility index (Phi) is 6.69. The van der Waals surface area contributed by atoms with Crippen LogP contribution in [0.15, 0.2) is 59.5 Å². The SMILES string of the molecule is CC1(CCc2ccccc2)NC(=O)N(NC(=O)c2cccc(S(=O)(=O)N3CCOCC3)c2)C1=O. The highest BCUT2D eigenvalue weighted by molar-refractivity contribution is 7.89. The molecule has 0 aliphatic carbocycles. The first-order valence-electron chi connectivity index (χ1n) is 10.9. The zero-order valence-corrected chi connectivity index (χ0v) is 19.5. The molecule has 0 saturated carbocycles. The standard InChI is InChI=1S/C23H26N4O6S/c1-23(11-10-17-6-3-2-4-7-17)21(29)27(22(30)24-23)25-20(28)18-8-5-9-19(16-18)34(31,32)26-12-14-33-15-13-26/h2-9,16H,10-15H2,1H3,(H,24,30)(H,25,28). The van der Waals surface area contributed by atoms with Crippen molar-refractivity contribution in [2.75, 3.05) is 26.3 Å². The minimum atomic E-state index is -3.81. The number of ether oxygens (including phenoxy) is 1. The average molecular weight is 487 g/mol. The van der Waals surface area contributed by atoms with Crippen molar-refractivity contribution in [2.45, 2.75) is 30.2 Å². The molecule has 4 amide bonds. The van der Waals surface area contributed by atoms with Crippen LogP contribution in [0.2, 0.25) is 0 Å². The van der Waals surface area contributed by atoms with Crippen molar-refractivity contribution in [3.8, 4) is 0 Å². The average Bonchev–Trinajstić information content (AvgIpc) is 3.07. The summed E-state index contributed by atoms with van der Waals surface area (Å²) >= 11 is 0. The molecule has 2 saturated heterocycles. The summed E-state index contributed by atoms with van der Waals surface area (Å²) in [5.74, 6) is -1.35. The van der Waals surface area contributed by atoms with Gasteiger partial charge in [0.15, 0.2) is 0 Å². The third-order valence-corrected chi connectivity index (χ3v) is 7.83. The van der Waals surface area contributed by atoms with Crippen molar-refractivity contribution in [3.63, 3.8) is 0 Å². The Labute approximate surface area is 197 Å². The minimum Gasteiger partial charge on any atom is -0.379 e. The fourth-order valence-corrected chi connectivity index (χ4v) is 5.35. The van der Waals surface area contributed by atoms with E-state index >= 15 is 0 Å². The lowest BCUT2D eigenvalue weighted by Crippen LogP contribution is -2.49. The highest BCUT2D eigenvalue weighted by Gasteiger charge is 2.48. The number of morpholine rings is 1. The van der Waals surface area contributed by atoms with Crippen LogP contribution in [0.3, 0.4) is 0 Å². The number of hydrogen-bond donors (Lipinski definition) is 2. The lowest BCUT2D eigenvalue weighted by molar-refractivity contribution is -0.132. The van der Waals surface area contributed by atoms with E-state index in [-0.39, 0.29) is 23.5 Å². The summed E-state index contributed by atoms with van der Waals surface area (Å²) in [5, 5.41) is 3.29. The zero-order valence-electron chi connectivity index (χ0n) is 18.7. The van der Waals surface area contributed by atoms with Gasteiger partial charge in [-0.3, -0.25) is 15.0 Å². The van der Waals surface area contributed by atoms with Crippen LogP contribution in [-0.2, 0) is 26.0 Å². The number of hydrogen-bond acceptors (Lipinski definition) is 6. The first-order chi connectivity index (χ1) is 16.2. The number of nitrogens with zero attached hydrogens (tertiary/aromatic N) is 2. The van der Waals surface area contributed by atoms with Gasteiger partial charge in [0.25, 0.3) is 11.8 Å². The highest BCUT2D eigenvalue weighted by Crippen LogP contribution is 2.23. The van der Waals surface area contributed by atoms with E-state index in [0.717, 1.165) is 5.56 Å². The van der Waals surface area contributed by atoms with Gasteiger partial charge in [-0.1, -0.05) is 36.4 Å². The van der Waals surface area contributed by atoms with Crippen molar-refractivity contribution in [2.24, 2.45) is 0 Å². The number of carbonyl (C=O) groups is 3. The van der Waals surface area contributed by atoms with Crippen molar-refractivity contribution in [1.29, 1.82) is 0 Å². The second-order valence-electron chi connectivity index (χ2n) is 8.37. The quantitative estimate of drug-likeness (QED) is 0.569. The molecule has 2 heterocycles.